The standard InChI is InChI=1S/C21H20ClFN4O/c1-11(2)8-17-18-19(26-25-17)21(28)27(14-6-4-12(3)24-10-14)20(18)15-7-5-13(23)9-16(15)22/h4-7,9-11,20H,8H2,1-3H3,(H,25,26). The lowest BCUT2D eigenvalue weighted by molar-refractivity contribution is 0.0988. The quantitative estimate of drug-likeness (QED) is 0.683. The molecule has 1 aliphatic rings. The Morgan fingerprint density at radius 2 is 2.07 bits per heavy atom. The van der Waals surface area contributed by atoms with Crippen molar-refractivity contribution in [3.8, 4) is 0 Å². The van der Waals surface area contributed by atoms with Crippen molar-refractivity contribution in [1.82, 2.24) is 15.2 Å². The molecule has 0 aliphatic carbocycles. The number of hydrogen-bond acceptors (Lipinski definition) is 3. The summed E-state index contributed by atoms with van der Waals surface area (Å²) in [5.74, 6) is -0.257. The van der Waals surface area contributed by atoms with Gasteiger partial charge in [-0.25, -0.2) is 4.39 Å². The molecule has 3 aromatic rings. The zero-order valence-corrected chi connectivity index (χ0v) is 16.6. The third-order valence-corrected chi connectivity index (χ3v) is 5.21. The second-order valence-corrected chi connectivity index (χ2v) is 7.87. The molecule has 3 heterocycles. The predicted octanol–water partition coefficient (Wildman–Crippen LogP) is 4.85. The minimum absolute atomic E-state index is 0.200. The number of carbonyl (C=O) groups excluding carboxylic acids is 1. The van der Waals surface area contributed by atoms with Crippen molar-refractivity contribution in [1.29, 1.82) is 0 Å². The summed E-state index contributed by atoms with van der Waals surface area (Å²) in [6.07, 6.45) is 2.38. The number of carbonyl (C=O) groups is 1. The van der Waals surface area contributed by atoms with Gasteiger partial charge in [-0.05, 0) is 49.1 Å². The highest BCUT2D eigenvalue weighted by Gasteiger charge is 2.43. The van der Waals surface area contributed by atoms with Crippen LogP contribution in [0.1, 0.15) is 52.9 Å². The van der Waals surface area contributed by atoms with Crippen LogP contribution in [0.4, 0.5) is 10.1 Å². The van der Waals surface area contributed by atoms with Crippen LogP contribution >= 0.6 is 11.6 Å². The first kappa shape index (κ1) is 18.6. The highest BCUT2D eigenvalue weighted by atomic mass is 35.5. The van der Waals surface area contributed by atoms with Gasteiger partial charge in [0.2, 0.25) is 0 Å². The van der Waals surface area contributed by atoms with E-state index in [0.29, 0.717) is 29.3 Å². The SMILES string of the molecule is Cc1ccc(N2C(=O)c3[nH]nc(CC(C)C)c3C2c2ccc(F)cc2Cl)cn1. The van der Waals surface area contributed by atoms with Crippen molar-refractivity contribution in [2.75, 3.05) is 4.90 Å². The molecule has 2 aromatic heterocycles. The molecule has 0 radical (unpaired) electrons. The Labute approximate surface area is 167 Å². The Hall–Kier alpha value is -2.73. The summed E-state index contributed by atoms with van der Waals surface area (Å²) in [7, 11) is 0. The Balaban J connectivity index is 1.92. The van der Waals surface area contributed by atoms with Crippen LogP contribution in [0.5, 0.6) is 0 Å². The molecule has 144 valence electrons. The summed E-state index contributed by atoms with van der Waals surface area (Å²) in [5, 5.41) is 7.56. The van der Waals surface area contributed by atoms with Crippen LogP contribution in [0.15, 0.2) is 36.5 Å². The molecule has 1 N–H and O–H groups in total. The lowest BCUT2D eigenvalue weighted by Gasteiger charge is -2.27. The minimum atomic E-state index is -0.493. The van der Waals surface area contributed by atoms with Gasteiger partial charge in [-0.2, -0.15) is 5.10 Å². The molecule has 1 atom stereocenters. The monoisotopic (exact) mass is 398 g/mol. The van der Waals surface area contributed by atoms with Crippen LogP contribution in [0.2, 0.25) is 5.02 Å². The summed E-state index contributed by atoms with van der Waals surface area (Å²) in [5.41, 5.74) is 4.23. The van der Waals surface area contributed by atoms with E-state index in [4.69, 9.17) is 11.6 Å². The summed E-state index contributed by atoms with van der Waals surface area (Å²) in [6.45, 7) is 6.08. The van der Waals surface area contributed by atoms with E-state index in [-0.39, 0.29) is 10.9 Å². The first-order chi connectivity index (χ1) is 13.4. The highest BCUT2D eigenvalue weighted by Crippen LogP contribution is 2.44. The number of fused-ring (bicyclic) bond motifs is 1. The topological polar surface area (TPSA) is 61.9 Å². The molecule has 0 saturated carbocycles. The molecular formula is C21H20ClFN4O. The zero-order valence-electron chi connectivity index (χ0n) is 15.8. The largest absolute Gasteiger partial charge is 0.294 e. The third-order valence-electron chi connectivity index (χ3n) is 4.88. The normalized spacial score (nSPS) is 16.1. The molecule has 5 nitrogen and oxygen atoms in total. The number of aryl methyl sites for hydroxylation is 1. The number of halogens is 2. The summed E-state index contributed by atoms with van der Waals surface area (Å²) in [6, 6.07) is 7.47. The van der Waals surface area contributed by atoms with Gasteiger partial charge in [0.1, 0.15) is 11.5 Å². The summed E-state index contributed by atoms with van der Waals surface area (Å²) < 4.78 is 13.7. The molecule has 1 amide bonds. The van der Waals surface area contributed by atoms with Crippen molar-refractivity contribution >= 4 is 23.2 Å². The van der Waals surface area contributed by atoms with E-state index in [1.54, 1.807) is 17.2 Å². The fraction of sp³-hybridized carbons (Fsp3) is 0.286. The lowest BCUT2D eigenvalue weighted by atomic mass is 9.95. The summed E-state index contributed by atoms with van der Waals surface area (Å²) in [4.78, 5) is 19.2. The van der Waals surface area contributed by atoms with Crippen LogP contribution in [0.3, 0.4) is 0 Å². The number of nitrogens with one attached hydrogen (secondary N) is 1. The number of aromatic amines is 1. The molecule has 0 fully saturated rings. The Morgan fingerprint density at radius 1 is 1.29 bits per heavy atom. The van der Waals surface area contributed by atoms with Gasteiger partial charge in [0.15, 0.2) is 0 Å². The Bertz CT molecular complexity index is 1050. The summed E-state index contributed by atoms with van der Waals surface area (Å²) >= 11 is 6.40. The number of hydrogen-bond donors (Lipinski definition) is 1. The first-order valence-electron chi connectivity index (χ1n) is 9.15. The molecule has 1 aromatic carbocycles. The van der Waals surface area contributed by atoms with Gasteiger partial charge in [0.05, 0.1) is 23.6 Å². The van der Waals surface area contributed by atoms with Crippen molar-refractivity contribution in [3.05, 3.63) is 75.6 Å². The Morgan fingerprint density at radius 3 is 2.71 bits per heavy atom. The van der Waals surface area contributed by atoms with E-state index in [1.165, 1.54) is 12.1 Å². The minimum Gasteiger partial charge on any atom is -0.294 e. The van der Waals surface area contributed by atoms with E-state index in [1.807, 2.05) is 19.1 Å². The average molecular weight is 399 g/mol. The molecule has 28 heavy (non-hydrogen) atoms. The number of anilines is 1. The number of rotatable bonds is 4. The van der Waals surface area contributed by atoms with Crippen LogP contribution in [0.25, 0.3) is 0 Å². The fourth-order valence-electron chi connectivity index (χ4n) is 3.64. The van der Waals surface area contributed by atoms with E-state index < -0.39 is 11.9 Å². The molecule has 1 aliphatic heterocycles. The molecule has 4 rings (SSSR count). The van der Waals surface area contributed by atoms with E-state index in [2.05, 4.69) is 29.0 Å². The fourth-order valence-corrected chi connectivity index (χ4v) is 3.91. The van der Waals surface area contributed by atoms with Crippen LogP contribution in [-0.2, 0) is 6.42 Å². The maximum absolute atomic E-state index is 13.7. The number of pyridine rings is 1. The van der Waals surface area contributed by atoms with Crippen LogP contribution in [0, 0.1) is 18.7 Å². The molecule has 1 unspecified atom stereocenters. The number of H-pyrrole nitrogens is 1. The third kappa shape index (κ3) is 3.07. The van der Waals surface area contributed by atoms with Crippen molar-refractivity contribution in [2.45, 2.75) is 33.2 Å². The van der Waals surface area contributed by atoms with Crippen LogP contribution < -0.4 is 4.90 Å². The number of benzene rings is 1. The highest BCUT2D eigenvalue weighted by molar-refractivity contribution is 6.31. The van der Waals surface area contributed by atoms with Gasteiger partial charge in [0, 0.05) is 16.3 Å². The maximum Gasteiger partial charge on any atom is 0.277 e. The van der Waals surface area contributed by atoms with Gasteiger partial charge in [-0.1, -0.05) is 31.5 Å². The Kier molecular flexibility index (Phi) is 4.67. The lowest BCUT2D eigenvalue weighted by Crippen LogP contribution is -2.30. The van der Waals surface area contributed by atoms with Crippen molar-refractivity contribution < 1.29 is 9.18 Å². The van der Waals surface area contributed by atoms with E-state index >= 15 is 0 Å². The van der Waals surface area contributed by atoms with E-state index in [9.17, 15) is 9.18 Å². The van der Waals surface area contributed by atoms with Gasteiger partial charge in [-0.15, -0.1) is 0 Å². The molecule has 0 saturated heterocycles. The first-order valence-corrected chi connectivity index (χ1v) is 9.53. The molecule has 0 spiro atoms. The number of amides is 1. The second-order valence-electron chi connectivity index (χ2n) is 7.46. The number of nitrogens with zero attached hydrogens (tertiary/aromatic N) is 3. The maximum atomic E-state index is 13.7. The van der Waals surface area contributed by atoms with Gasteiger partial charge < -0.3 is 0 Å². The second kappa shape index (κ2) is 7.02. The van der Waals surface area contributed by atoms with Crippen LogP contribution in [-0.4, -0.2) is 21.1 Å². The predicted molar refractivity (Wildman–Crippen MR) is 106 cm³/mol. The molecular weight excluding hydrogens is 379 g/mol. The van der Waals surface area contributed by atoms with Gasteiger partial charge in [0.25, 0.3) is 5.91 Å². The number of aromatic nitrogens is 3. The van der Waals surface area contributed by atoms with E-state index in [0.717, 1.165) is 17.0 Å². The van der Waals surface area contributed by atoms with Crippen molar-refractivity contribution in [3.63, 3.8) is 0 Å². The molecule has 7 heteroatoms. The average Bonchev–Trinajstić information content (AvgIpc) is 3.15. The molecule has 0 bridgehead atoms. The zero-order chi connectivity index (χ0) is 20.0. The van der Waals surface area contributed by atoms with Gasteiger partial charge >= 0.3 is 0 Å². The smallest absolute Gasteiger partial charge is 0.277 e. The van der Waals surface area contributed by atoms with Gasteiger partial charge in [-0.3, -0.25) is 19.8 Å². The van der Waals surface area contributed by atoms with Crippen molar-refractivity contribution in [2.24, 2.45) is 5.92 Å².